The summed E-state index contributed by atoms with van der Waals surface area (Å²) in [5.74, 6) is 1.21. The van der Waals surface area contributed by atoms with Gasteiger partial charge in [0.25, 0.3) is 0 Å². The molecule has 1 unspecified atom stereocenters. The highest BCUT2D eigenvalue weighted by molar-refractivity contribution is 7.71. The number of nitrogens with one attached hydrogen (secondary N) is 3. The average molecular weight is 266 g/mol. The van der Waals surface area contributed by atoms with E-state index < -0.39 is 6.10 Å². The molecule has 0 aliphatic heterocycles. The molecule has 0 aliphatic carbocycles. The standard InChI is InChI=1S/C11H14N4O2S/c1-17-8-4-2-7(3-5-8)12-6-9(16)10-13-11(18)15-14-10/h2-5,9,12,16H,6H2,1H3,(H2,13,14,15,18). The summed E-state index contributed by atoms with van der Waals surface area (Å²) in [6, 6.07) is 7.43. The Kier molecular flexibility index (Phi) is 3.96. The van der Waals surface area contributed by atoms with Crippen molar-refractivity contribution in [3.05, 3.63) is 34.9 Å². The molecule has 0 saturated carbocycles. The summed E-state index contributed by atoms with van der Waals surface area (Å²) < 4.78 is 5.46. The molecule has 0 saturated heterocycles. The SMILES string of the molecule is COc1ccc(NCC(O)c2n[nH]c(=S)[nH]2)cc1. The molecule has 1 aromatic heterocycles. The Balaban J connectivity index is 1.92. The Bertz CT molecular complexity index is 549. The van der Waals surface area contributed by atoms with Crippen LogP contribution in [0.2, 0.25) is 0 Å². The maximum absolute atomic E-state index is 9.85. The van der Waals surface area contributed by atoms with Gasteiger partial charge in [-0.25, -0.2) is 0 Å². The number of aliphatic hydroxyl groups excluding tert-OH is 1. The molecule has 0 amide bonds. The van der Waals surface area contributed by atoms with E-state index >= 15 is 0 Å². The lowest BCUT2D eigenvalue weighted by Crippen LogP contribution is -2.13. The molecule has 0 fully saturated rings. The number of anilines is 1. The third-order valence-corrected chi connectivity index (χ3v) is 2.62. The first kappa shape index (κ1) is 12.6. The van der Waals surface area contributed by atoms with Crippen LogP contribution in [0.3, 0.4) is 0 Å². The van der Waals surface area contributed by atoms with Crippen LogP contribution in [0, 0.1) is 4.77 Å². The second-order valence-corrected chi connectivity index (χ2v) is 4.10. The minimum absolute atomic E-state index is 0.336. The molecule has 6 nitrogen and oxygen atoms in total. The number of methoxy groups -OCH3 is 1. The molecule has 7 heteroatoms. The van der Waals surface area contributed by atoms with E-state index in [2.05, 4.69) is 20.5 Å². The van der Waals surface area contributed by atoms with E-state index in [1.54, 1.807) is 7.11 Å². The monoisotopic (exact) mass is 266 g/mol. The zero-order valence-electron chi connectivity index (χ0n) is 9.80. The number of nitrogens with zero attached hydrogens (tertiary/aromatic N) is 1. The summed E-state index contributed by atoms with van der Waals surface area (Å²) in [6.07, 6.45) is -0.750. The molecular formula is C11H14N4O2S. The molecule has 18 heavy (non-hydrogen) atoms. The number of H-pyrrole nitrogens is 2. The number of rotatable bonds is 5. The number of hydrogen-bond donors (Lipinski definition) is 4. The summed E-state index contributed by atoms with van der Waals surface area (Å²) in [5, 5.41) is 19.4. The van der Waals surface area contributed by atoms with E-state index in [9.17, 15) is 5.11 Å². The van der Waals surface area contributed by atoms with Gasteiger partial charge in [0.1, 0.15) is 11.9 Å². The van der Waals surface area contributed by atoms with E-state index in [0.717, 1.165) is 11.4 Å². The fourth-order valence-electron chi connectivity index (χ4n) is 1.46. The molecule has 0 aliphatic rings. The van der Waals surface area contributed by atoms with Gasteiger partial charge >= 0.3 is 0 Å². The maximum Gasteiger partial charge on any atom is 0.192 e. The molecule has 1 heterocycles. The molecule has 2 aromatic rings. The van der Waals surface area contributed by atoms with Gasteiger partial charge in [-0.3, -0.25) is 5.10 Å². The normalized spacial score (nSPS) is 12.1. The Morgan fingerprint density at radius 3 is 2.72 bits per heavy atom. The van der Waals surface area contributed by atoms with Crippen LogP contribution in [-0.4, -0.2) is 33.9 Å². The second kappa shape index (κ2) is 5.65. The van der Waals surface area contributed by atoms with Gasteiger partial charge < -0.3 is 20.1 Å². The Hall–Kier alpha value is -1.86. The van der Waals surface area contributed by atoms with Gasteiger partial charge in [0.05, 0.1) is 7.11 Å². The summed E-state index contributed by atoms with van der Waals surface area (Å²) in [5.41, 5.74) is 0.893. The third-order valence-electron chi connectivity index (χ3n) is 2.42. The van der Waals surface area contributed by atoms with Crippen LogP contribution in [0.25, 0.3) is 0 Å². The van der Waals surface area contributed by atoms with Gasteiger partial charge in [0.2, 0.25) is 0 Å². The lowest BCUT2D eigenvalue weighted by Gasteiger charge is -2.10. The summed E-state index contributed by atoms with van der Waals surface area (Å²) in [6.45, 7) is 0.336. The predicted molar refractivity (Wildman–Crippen MR) is 70.2 cm³/mol. The molecule has 0 radical (unpaired) electrons. The van der Waals surface area contributed by atoms with Crippen molar-refractivity contribution in [2.24, 2.45) is 0 Å². The van der Waals surface area contributed by atoms with Crippen molar-refractivity contribution in [2.75, 3.05) is 19.0 Å². The van der Waals surface area contributed by atoms with Crippen LogP contribution >= 0.6 is 12.2 Å². The Morgan fingerprint density at radius 2 is 2.17 bits per heavy atom. The summed E-state index contributed by atoms with van der Waals surface area (Å²) in [4.78, 5) is 2.77. The van der Waals surface area contributed by atoms with Gasteiger partial charge in [-0.2, -0.15) is 5.10 Å². The lowest BCUT2D eigenvalue weighted by atomic mass is 10.2. The molecular weight excluding hydrogens is 252 g/mol. The van der Waals surface area contributed by atoms with Crippen LogP contribution < -0.4 is 10.1 Å². The average Bonchev–Trinajstić information content (AvgIpc) is 2.83. The smallest absolute Gasteiger partial charge is 0.192 e. The number of aliphatic hydroxyl groups is 1. The fourth-order valence-corrected chi connectivity index (χ4v) is 1.61. The summed E-state index contributed by atoms with van der Waals surface area (Å²) >= 11 is 4.84. The third kappa shape index (κ3) is 3.08. The topological polar surface area (TPSA) is 86.0 Å². The number of aromatic amines is 2. The van der Waals surface area contributed by atoms with Gasteiger partial charge in [-0.05, 0) is 36.5 Å². The van der Waals surface area contributed by atoms with Crippen molar-refractivity contribution in [3.8, 4) is 5.75 Å². The lowest BCUT2D eigenvalue weighted by molar-refractivity contribution is 0.182. The Morgan fingerprint density at radius 1 is 1.44 bits per heavy atom. The van der Waals surface area contributed by atoms with Crippen LogP contribution in [0.15, 0.2) is 24.3 Å². The van der Waals surface area contributed by atoms with Crippen molar-refractivity contribution >= 4 is 17.9 Å². The van der Waals surface area contributed by atoms with E-state index in [4.69, 9.17) is 17.0 Å². The second-order valence-electron chi connectivity index (χ2n) is 3.69. The fraction of sp³-hybridized carbons (Fsp3) is 0.273. The highest BCUT2D eigenvalue weighted by atomic mass is 32.1. The largest absolute Gasteiger partial charge is 0.497 e. The highest BCUT2D eigenvalue weighted by Gasteiger charge is 2.10. The van der Waals surface area contributed by atoms with Gasteiger partial charge in [-0.1, -0.05) is 0 Å². The zero-order chi connectivity index (χ0) is 13.0. The van der Waals surface area contributed by atoms with Crippen molar-refractivity contribution < 1.29 is 9.84 Å². The Labute approximate surface area is 109 Å². The van der Waals surface area contributed by atoms with Gasteiger partial charge in [0.15, 0.2) is 10.6 Å². The molecule has 0 spiro atoms. The van der Waals surface area contributed by atoms with Crippen LogP contribution in [0.1, 0.15) is 11.9 Å². The van der Waals surface area contributed by atoms with E-state index in [1.165, 1.54) is 0 Å². The molecule has 0 bridgehead atoms. The first-order valence-electron chi connectivity index (χ1n) is 5.39. The molecule has 4 N–H and O–H groups in total. The zero-order valence-corrected chi connectivity index (χ0v) is 10.6. The van der Waals surface area contributed by atoms with Crippen LogP contribution in [0.4, 0.5) is 5.69 Å². The van der Waals surface area contributed by atoms with E-state index in [0.29, 0.717) is 17.1 Å². The minimum atomic E-state index is -0.750. The first-order chi connectivity index (χ1) is 8.69. The minimum Gasteiger partial charge on any atom is -0.497 e. The van der Waals surface area contributed by atoms with E-state index in [1.807, 2.05) is 24.3 Å². The summed E-state index contributed by atoms with van der Waals surface area (Å²) in [7, 11) is 1.62. The molecule has 2 rings (SSSR count). The van der Waals surface area contributed by atoms with Crippen molar-refractivity contribution in [2.45, 2.75) is 6.10 Å². The molecule has 96 valence electrons. The van der Waals surface area contributed by atoms with E-state index in [-0.39, 0.29) is 0 Å². The van der Waals surface area contributed by atoms with Crippen LogP contribution in [-0.2, 0) is 0 Å². The first-order valence-corrected chi connectivity index (χ1v) is 5.80. The predicted octanol–water partition coefficient (Wildman–Crippen LogP) is 1.62. The van der Waals surface area contributed by atoms with Crippen molar-refractivity contribution in [1.82, 2.24) is 15.2 Å². The van der Waals surface area contributed by atoms with Gasteiger partial charge in [-0.15, -0.1) is 0 Å². The maximum atomic E-state index is 9.85. The van der Waals surface area contributed by atoms with Crippen LogP contribution in [0.5, 0.6) is 5.75 Å². The van der Waals surface area contributed by atoms with Crippen molar-refractivity contribution in [1.29, 1.82) is 0 Å². The highest BCUT2D eigenvalue weighted by Crippen LogP contribution is 2.16. The molecule has 1 aromatic carbocycles. The molecule has 1 atom stereocenters. The number of hydrogen-bond acceptors (Lipinski definition) is 5. The number of ether oxygens (including phenoxy) is 1. The number of aromatic nitrogens is 3. The number of benzene rings is 1. The van der Waals surface area contributed by atoms with Crippen molar-refractivity contribution in [3.63, 3.8) is 0 Å². The quantitative estimate of drug-likeness (QED) is 0.618. The van der Waals surface area contributed by atoms with Gasteiger partial charge in [0, 0.05) is 12.2 Å².